The van der Waals surface area contributed by atoms with E-state index in [4.69, 9.17) is 30.7 Å². The zero-order chi connectivity index (χ0) is 24.5. The Bertz CT molecular complexity index is 993. The van der Waals surface area contributed by atoms with Crippen molar-refractivity contribution in [3.63, 3.8) is 0 Å². The molecule has 1 aromatic carbocycles. The van der Waals surface area contributed by atoms with Gasteiger partial charge in [0.2, 0.25) is 11.6 Å². The van der Waals surface area contributed by atoms with Crippen LogP contribution in [-0.4, -0.2) is 47.2 Å². The van der Waals surface area contributed by atoms with Gasteiger partial charge in [0.05, 0.1) is 0 Å². The molecule has 0 aromatic heterocycles. The van der Waals surface area contributed by atoms with Gasteiger partial charge < -0.3 is 25.8 Å². The van der Waals surface area contributed by atoms with Crippen LogP contribution in [0.1, 0.15) is 82.1 Å². The van der Waals surface area contributed by atoms with E-state index in [9.17, 15) is 4.79 Å². The summed E-state index contributed by atoms with van der Waals surface area (Å²) in [7, 11) is 0. The van der Waals surface area contributed by atoms with Crippen molar-refractivity contribution in [3.8, 4) is 5.75 Å². The second-order valence-corrected chi connectivity index (χ2v) is 12.7. The Hall–Kier alpha value is -1.71. The number of ether oxygens (including phenoxy) is 2. The molecular weight excluding hydrogens is 458 g/mol. The number of carbonyl (C=O) groups is 1. The second-order valence-electron chi connectivity index (χ2n) is 12.7. The minimum atomic E-state index is -0.680. The van der Waals surface area contributed by atoms with E-state index in [2.05, 4.69) is 12.1 Å². The molecule has 2 spiro atoms. The number of amides is 1. The summed E-state index contributed by atoms with van der Waals surface area (Å²) in [5.74, 6) is 0.961. The molecule has 0 radical (unpaired) electrons. The molecule has 2 aliphatic heterocycles. The summed E-state index contributed by atoms with van der Waals surface area (Å²) in [5, 5.41) is 0. The van der Waals surface area contributed by atoms with E-state index in [1.54, 1.807) is 4.90 Å². The Labute approximate surface area is 212 Å². The normalized spacial score (nSPS) is 44.0. The highest BCUT2D eigenvalue weighted by atomic mass is 17.3. The van der Waals surface area contributed by atoms with Gasteiger partial charge in [-0.15, -0.1) is 0 Å². The highest BCUT2D eigenvalue weighted by Gasteiger charge is 2.69. The van der Waals surface area contributed by atoms with Crippen molar-refractivity contribution in [3.05, 3.63) is 29.8 Å². The van der Waals surface area contributed by atoms with Crippen LogP contribution in [0, 0.1) is 17.8 Å². The Morgan fingerprint density at radius 3 is 2.39 bits per heavy atom. The molecule has 5 saturated carbocycles. The van der Waals surface area contributed by atoms with Gasteiger partial charge in [0.1, 0.15) is 5.75 Å². The van der Waals surface area contributed by atoms with Gasteiger partial charge in [-0.1, -0.05) is 12.1 Å². The molecule has 8 nitrogen and oxygen atoms in total. The highest BCUT2D eigenvalue weighted by Crippen LogP contribution is 2.64. The Morgan fingerprint density at radius 2 is 1.69 bits per heavy atom. The molecule has 8 heteroatoms. The maximum atomic E-state index is 12.5. The van der Waals surface area contributed by atoms with Gasteiger partial charge >= 0.3 is 6.09 Å². The van der Waals surface area contributed by atoms with Crippen molar-refractivity contribution in [2.45, 2.75) is 99.7 Å². The first-order chi connectivity index (χ1) is 17.3. The number of hydrogen-bond donors (Lipinski definition) is 2. The summed E-state index contributed by atoms with van der Waals surface area (Å²) < 4.78 is 12.5. The van der Waals surface area contributed by atoms with E-state index in [1.807, 2.05) is 12.1 Å². The molecule has 36 heavy (non-hydrogen) atoms. The first kappa shape index (κ1) is 23.4. The number of carbonyl (C=O) groups excluding carboxylic acids is 1. The highest BCUT2D eigenvalue weighted by molar-refractivity contribution is 5.70. The average molecular weight is 498 g/mol. The lowest BCUT2D eigenvalue weighted by atomic mass is 9.50. The minimum absolute atomic E-state index is 0.0363. The molecule has 5 aliphatic carbocycles. The fourth-order valence-corrected chi connectivity index (χ4v) is 8.46. The molecule has 2 heterocycles. The molecule has 7 aliphatic rings. The third-order valence-electron chi connectivity index (χ3n) is 10.1. The smallest absolute Gasteiger partial charge is 0.410 e. The predicted molar refractivity (Wildman–Crippen MR) is 132 cm³/mol. The Balaban J connectivity index is 1.01. The van der Waals surface area contributed by atoms with Crippen molar-refractivity contribution in [2.24, 2.45) is 29.2 Å². The summed E-state index contributed by atoms with van der Waals surface area (Å²) in [6.07, 6.45) is 10.5. The summed E-state index contributed by atoms with van der Waals surface area (Å²) in [6.45, 7) is 1.31. The van der Waals surface area contributed by atoms with E-state index in [0.29, 0.717) is 42.5 Å². The molecule has 4 atom stereocenters. The molecule has 7 fully saturated rings. The number of nitrogens with two attached hydrogens (primary N) is 2. The Kier molecular flexibility index (Phi) is 5.46. The second kappa shape index (κ2) is 8.40. The monoisotopic (exact) mass is 497 g/mol. The molecule has 3 unspecified atom stereocenters. The van der Waals surface area contributed by atoms with Gasteiger partial charge in [0.15, 0.2) is 0 Å². The lowest BCUT2D eigenvalue weighted by molar-refractivity contribution is -0.391. The first-order valence-corrected chi connectivity index (χ1v) is 14.0. The van der Waals surface area contributed by atoms with Crippen LogP contribution in [-0.2, 0) is 14.5 Å². The number of rotatable bonds is 2. The molecule has 1 aromatic rings. The van der Waals surface area contributed by atoms with E-state index in [-0.39, 0.29) is 17.7 Å². The quantitative estimate of drug-likeness (QED) is 0.590. The van der Waals surface area contributed by atoms with E-state index >= 15 is 0 Å². The van der Waals surface area contributed by atoms with Gasteiger partial charge in [-0.3, -0.25) is 0 Å². The maximum absolute atomic E-state index is 12.5. The van der Waals surface area contributed by atoms with Crippen LogP contribution >= 0.6 is 0 Å². The van der Waals surface area contributed by atoms with Crippen molar-refractivity contribution in [1.82, 2.24) is 4.90 Å². The molecule has 8 rings (SSSR count). The number of hydrogen-bond acceptors (Lipinski definition) is 7. The van der Waals surface area contributed by atoms with Crippen LogP contribution in [0.4, 0.5) is 4.79 Å². The minimum Gasteiger partial charge on any atom is -0.410 e. The summed E-state index contributed by atoms with van der Waals surface area (Å²) in [6, 6.07) is 8.13. The topological polar surface area (TPSA) is 109 Å². The van der Waals surface area contributed by atoms with Gasteiger partial charge in [-0.2, -0.15) is 9.78 Å². The number of nitrogens with zero attached hydrogens (tertiary/aromatic N) is 1. The van der Waals surface area contributed by atoms with Crippen molar-refractivity contribution in [2.75, 3.05) is 13.1 Å². The number of piperidine rings is 1. The van der Waals surface area contributed by atoms with Gasteiger partial charge in [-0.05, 0) is 87.3 Å². The Morgan fingerprint density at radius 1 is 0.972 bits per heavy atom. The molecule has 4 bridgehead atoms. The first-order valence-electron chi connectivity index (χ1n) is 14.0. The summed E-state index contributed by atoms with van der Waals surface area (Å²) in [5.41, 5.74) is 13.9. The van der Waals surface area contributed by atoms with Gasteiger partial charge in [0, 0.05) is 49.3 Å². The van der Waals surface area contributed by atoms with Crippen LogP contribution < -0.4 is 16.2 Å². The van der Waals surface area contributed by atoms with Crippen molar-refractivity contribution in [1.29, 1.82) is 0 Å². The van der Waals surface area contributed by atoms with Crippen LogP contribution in [0.5, 0.6) is 5.75 Å². The fourth-order valence-electron chi connectivity index (χ4n) is 8.46. The zero-order valence-electron chi connectivity index (χ0n) is 21.0. The molecule has 2 saturated heterocycles. The molecule has 4 N–H and O–H groups in total. The summed E-state index contributed by atoms with van der Waals surface area (Å²) >= 11 is 0. The van der Waals surface area contributed by atoms with Crippen LogP contribution in [0.3, 0.4) is 0 Å². The van der Waals surface area contributed by atoms with Crippen LogP contribution in [0.15, 0.2) is 24.3 Å². The average Bonchev–Trinajstić information content (AvgIpc) is 3.22. The third kappa shape index (κ3) is 3.88. The SMILES string of the molecule is NC1CCN(C(=O)Oc2ccc(C3CCC[C@]4(C3)OOC3(O4)C4CC5CC3CC(N)(C5)C4)cc2)CC1. The molecule has 1 amide bonds. The van der Waals surface area contributed by atoms with E-state index in [0.717, 1.165) is 70.6 Å². The lowest BCUT2D eigenvalue weighted by Gasteiger charge is -2.61. The van der Waals surface area contributed by atoms with Gasteiger partial charge in [-0.25, -0.2) is 4.79 Å². The molecular formula is C28H39N3O5. The lowest BCUT2D eigenvalue weighted by Crippen LogP contribution is -2.67. The predicted octanol–water partition coefficient (Wildman–Crippen LogP) is 4.17. The third-order valence-corrected chi connectivity index (χ3v) is 10.1. The van der Waals surface area contributed by atoms with Crippen LogP contribution in [0.25, 0.3) is 0 Å². The van der Waals surface area contributed by atoms with Crippen molar-refractivity contribution >= 4 is 6.09 Å². The number of likely N-dealkylation sites (tertiary alicyclic amines) is 1. The zero-order valence-corrected chi connectivity index (χ0v) is 21.0. The largest absolute Gasteiger partial charge is 0.415 e. The fraction of sp³-hybridized carbons (Fsp3) is 0.750. The van der Waals surface area contributed by atoms with E-state index in [1.165, 1.54) is 5.56 Å². The van der Waals surface area contributed by atoms with Gasteiger partial charge in [0.25, 0.3) is 0 Å². The standard InChI is InChI=1S/C28H39N3O5/c29-23-7-10-31(11-8-23)25(32)33-24-5-3-19(4-6-24)20-2-1-9-27(15-20)34-28(36-35-27)21-12-18-13-22(28)17-26(30,14-18)16-21/h3-6,18,20-23H,1-2,7-17,29-30H2/t18?,20?,21?,22?,26?,27-,28?/m1/s1. The summed E-state index contributed by atoms with van der Waals surface area (Å²) in [4.78, 5) is 26.6. The molecule has 196 valence electrons. The van der Waals surface area contributed by atoms with E-state index < -0.39 is 11.6 Å². The van der Waals surface area contributed by atoms with Crippen molar-refractivity contribution < 1.29 is 24.0 Å². The maximum Gasteiger partial charge on any atom is 0.415 e. The van der Waals surface area contributed by atoms with Crippen LogP contribution in [0.2, 0.25) is 0 Å². The number of benzene rings is 1.